The monoisotopic (exact) mass is 530 g/mol. The van der Waals surface area contributed by atoms with Crippen molar-refractivity contribution in [2.45, 2.75) is 25.4 Å². The van der Waals surface area contributed by atoms with Crippen molar-refractivity contribution < 1.29 is 36.7 Å². The topological polar surface area (TPSA) is 107 Å². The fourth-order valence-electron chi connectivity index (χ4n) is 3.88. The molecule has 15 heteroatoms. The van der Waals surface area contributed by atoms with Crippen molar-refractivity contribution in [2.24, 2.45) is 0 Å². The molecule has 0 saturated carbocycles. The van der Waals surface area contributed by atoms with E-state index in [1.54, 1.807) is 11.6 Å². The number of anilines is 3. The van der Waals surface area contributed by atoms with Gasteiger partial charge in [0.2, 0.25) is 0 Å². The van der Waals surface area contributed by atoms with E-state index in [2.05, 4.69) is 15.7 Å². The molecule has 0 spiro atoms. The van der Waals surface area contributed by atoms with Crippen molar-refractivity contribution in [1.29, 1.82) is 0 Å². The number of ketones is 1. The molecule has 0 unspecified atom stereocenters. The maximum atomic E-state index is 15.0. The largest absolute Gasteiger partial charge is 0.444 e. The number of benzene rings is 1. The second kappa shape index (κ2) is 11.1. The summed E-state index contributed by atoms with van der Waals surface area (Å²) >= 11 is 1.25. The number of cyclic esters (lactones) is 1. The molecule has 2 saturated heterocycles. The van der Waals surface area contributed by atoms with E-state index in [0.29, 0.717) is 5.13 Å². The number of Topliss-reactive ketones (excluding diaryl/α,β-unsaturated/α-hetero) is 1. The van der Waals surface area contributed by atoms with Gasteiger partial charge in [-0.05, 0) is 6.42 Å². The fourth-order valence-corrected chi connectivity index (χ4v) is 4.40. The summed E-state index contributed by atoms with van der Waals surface area (Å²) in [6.45, 7) is 0.529. The molecule has 3 heterocycles. The van der Waals surface area contributed by atoms with E-state index in [-0.39, 0.29) is 50.5 Å². The predicted octanol–water partition coefficient (Wildman–Crippen LogP) is 3.22. The van der Waals surface area contributed by atoms with Crippen LogP contribution in [0.5, 0.6) is 0 Å². The molecule has 0 aliphatic carbocycles. The van der Waals surface area contributed by atoms with Gasteiger partial charge in [0.05, 0.1) is 18.8 Å². The first-order valence-electron chi connectivity index (χ1n) is 11.0. The van der Waals surface area contributed by atoms with Crippen LogP contribution in [0.15, 0.2) is 23.7 Å². The molecule has 4 rings (SSSR count). The molecule has 194 valence electrons. The Balaban J connectivity index is 1.40. The summed E-state index contributed by atoms with van der Waals surface area (Å²) in [5.74, 6) is -3.11. The van der Waals surface area contributed by atoms with Crippen molar-refractivity contribution in [3.05, 3.63) is 35.3 Å². The first-order valence-corrected chi connectivity index (χ1v) is 11.9. The Morgan fingerprint density at radius 3 is 2.64 bits per heavy atom. The molecular formula is C21H22F4N6O4S. The van der Waals surface area contributed by atoms with E-state index in [1.807, 2.05) is 0 Å². The number of aromatic nitrogens is 1. The number of rotatable bonds is 7. The quantitative estimate of drug-likeness (QED) is 0.530. The molecular weight excluding hydrogens is 508 g/mol. The average Bonchev–Trinajstić information content (AvgIpc) is 3.40. The van der Waals surface area contributed by atoms with Gasteiger partial charge in [0.25, 0.3) is 6.43 Å². The minimum atomic E-state index is -3.11. The van der Waals surface area contributed by atoms with Gasteiger partial charge in [-0.25, -0.2) is 37.6 Å². The summed E-state index contributed by atoms with van der Waals surface area (Å²) in [5.41, 5.74) is 2.49. The number of hydrogen-bond donors (Lipinski definition) is 2. The van der Waals surface area contributed by atoms with Crippen LogP contribution in [-0.4, -0.2) is 73.2 Å². The lowest BCUT2D eigenvalue weighted by atomic mass is 10.1. The first-order chi connectivity index (χ1) is 17.2. The van der Waals surface area contributed by atoms with Gasteiger partial charge in [-0.3, -0.25) is 20.0 Å². The zero-order valence-corrected chi connectivity index (χ0v) is 19.6. The standard InChI is InChI=1S/C21H22F4N6O4S/c22-14-9-12(30-11-13(35-21(30)34)1-2-16(32)18(24)25)10-15(23)17(14)29-5-3-27-31(7-6-29)20(33)28-19-26-4-8-36-19/h4,8-10,13,18,27H,1-3,5-7,11H2,(H,26,28,33)/t13-/m0/s1. The summed E-state index contributed by atoms with van der Waals surface area (Å²) in [6.07, 6.45) is -3.91. The molecule has 1 aromatic heterocycles. The van der Waals surface area contributed by atoms with Gasteiger partial charge in [-0.1, -0.05) is 0 Å². The van der Waals surface area contributed by atoms with Crippen LogP contribution in [0, 0.1) is 11.6 Å². The number of hydrazine groups is 1. The summed E-state index contributed by atoms with van der Waals surface area (Å²) in [6, 6.07) is 1.51. The van der Waals surface area contributed by atoms with Gasteiger partial charge in [0, 0.05) is 49.8 Å². The van der Waals surface area contributed by atoms with Crippen molar-refractivity contribution in [1.82, 2.24) is 15.4 Å². The third-order valence-electron chi connectivity index (χ3n) is 5.63. The molecule has 2 aromatic rings. The Morgan fingerprint density at radius 1 is 1.22 bits per heavy atom. The van der Waals surface area contributed by atoms with Gasteiger partial charge in [-0.2, -0.15) is 0 Å². The summed E-state index contributed by atoms with van der Waals surface area (Å²) in [7, 11) is 0. The molecule has 0 radical (unpaired) electrons. The molecule has 2 aliphatic rings. The van der Waals surface area contributed by atoms with Crippen LogP contribution in [-0.2, 0) is 9.53 Å². The molecule has 10 nitrogen and oxygen atoms in total. The molecule has 36 heavy (non-hydrogen) atoms. The van der Waals surface area contributed by atoms with Crippen LogP contribution in [0.4, 0.5) is 43.7 Å². The molecule has 2 fully saturated rings. The van der Waals surface area contributed by atoms with Crippen molar-refractivity contribution in [3.63, 3.8) is 0 Å². The fraction of sp³-hybridized carbons (Fsp3) is 0.429. The number of halogens is 4. The lowest BCUT2D eigenvalue weighted by Crippen LogP contribution is -2.46. The van der Waals surface area contributed by atoms with E-state index in [1.165, 1.54) is 21.2 Å². The molecule has 2 N–H and O–H groups in total. The second-order valence-corrected chi connectivity index (χ2v) is 8.89. The minimum absolute atomic E-state index is 0.0983. The third kappa shape index (κ3) is 5.84. The van der Waals surface area contributed by atoms with E-state index >= 15 is 8.78 Å². The number of amides is 3. The Morgan fingerprint density at radius 2 is 1.97 bits per heavy atom. The van der Waals surface area contributed by atoms with Gasteiger partial charge >= 0.3 is 12.1 Å². The highest BCUT2D eigenvalue weighted by Crippen LogP contribution is 2.32. The van der Waals surface area contributed by atoms with Crippen molar-refractivity contribution in [3.8, 4) is 0 Å². The highest BCUT2D eigenvalue weighted by Gasteiger charge is 2.34. The third-order valence-corrected chi connectivity index (χ3v) is 6.32. The lowest BCUT2D eigenvalue weighted by Gasteiger charge is -2.25. The molecule has 0 bridgehead atoms. The second-order valence-electron chi connectivity index (χ2n) is 7.99. The van der Waals surface area contributed by atoms with E-state index < -0.39 is 48.5 Å². The van der Waals surface area contributed by atoms with Crippen LogP contribution >= 0.6 is 11.3 Å². The SMILES string of the molecule is O=C(CC[C@H]1CN(c2cc(F)c(N3CCNN(C(=O)Nc4nccs4)CC3)c(F)c2)C(=O)O1)C(F)F. The van der Waals surface area contributed by atoms with Gasteiger partial charge in [0.1, 0.15) is 11.8 Å². The zero-order valence-electron chi connectivity index (χ0n) is 18.8. The van der Waals surface area contributed by atoms with Crippen LogP contribution < -0.4 is 20.5 Å². The maximum absolute atomic E-state index is 15.0. The number of nitrogens with zero attached hydrogens (tertiary/aromatic N) is 4. The summed E-state index contributed by atoms with van der Waals surface area (Å²) < 4.78 is 59.9. The Hall–Kier alpha value is -3.46. The normalized spacial score (nSPS) is 18.4. The number of ether oxygens (including phenoxy) is 1. The average molecular weight is 531 g/mol. The minimum Gasteiger partial charge on any atom is -0.444 e. The lowest BCUT2D eigenvalue weighted by molar-refractivity contribution is -0.129. The van der Waals surface area contributed by atoms with Crippen LogP contribution in [0.25, 0.3) is 0 Å². The van der Waals surface area contributed by atoms with Crippen LogP contribution in [0.2, 0.25) is 0 Å². The molecule has 1 atom stereocenters. The number of urea groups is 1. The van der Waals surface area contributed by atoms with E-state index in [0.717, 1.165) is 17.0 Å². The molecule has 2 aliphatic heterocycles. The summed E-state index contributed by atoms with van der Waals surface area (Å²) in [4.78, 5) is 42.1. The van der Waals surface area contributed by atoms with Gasteiger partial charge in [-0.15, -0.1) is 11.3 Å². The number of hydrogen-bond acceptors (Lipinski definition) is 8. The van der Waals surface area contributed by atoms with Crippen LogP contribution in [0.1, 0.15) is 12.8 Å². The Bertz CT molecular complexity index is 1100. The number of carbonyl (C=O) groups excluding carboxylic acids is 3. The zero-order chi connectivity index (χ0) is 25.8. The highest BCUT2D eigenvalue weighted by molar-refractivity contribution is 7.13. The van der Waals surface area contributed by atoms with Crippen molar-refractivity contribution in [2.75, 3.05) is 47.8 Å². The smallest absolute Gasteiger partial charge is 0.414 e. The van der Waals surface area contributed by atoms with Crippen LogP contribution in [0.3, 0.4) is 0 Å². The van der Waals surface area contributed by atoms with E-state index in [9.17, 15) is 23.2 Å². The molecule has 3 amide bonds. The van der Waals surface area contributed by atoms with Gasteiger partial charge in [0.15, 0.2) is 22.5 Å². The number of carbonyl (C=O) groups is 3. The molecule has 1 aromatic carbocycles. The van der Waals surface area contributed by atoms with Crippen molar-refractivity contribution >= 4 is 45.8 Å². The number of nitrogens with one attached hydrogen (secondary N) is 2. The first kappa shape index (κ1) is 25.6. The number of thiazole rings is 1. The Labute approximate surface area is 206 Å². The van der Waals surface area contributed by atoms with E-state index in [4.69, 9.17) is 4.74 Å². The number of alkyl halides is 2. The maximum Gasteiger partial charge on any atom is 0.414 e. The van der Waals surface area contributed by atoms with Gasteiger partial charge < -0.3 is 9.64 Å². The highest BCUT2D eigenvalue weighted by atomic mass is 32.1. The predicted molar refractivity (Wildman–Crippen MR) is 122 cm³/mol. The summed E-state index contributed by atoms with van der Waals surface area (Å²) in [5, 5.41) is 6.04. The Kier molecular flexibility index (Phi) is 7.88.